The van der Waals surface area contributed by atoms with E-state index >= 15 is 0 Å². The van der Waals surface area contributed by atoms with E-state index in [0.29, 0.717) is 38.1 Å². The van der Waals surface area contributed by atoms with Gasteiger partial charge in [0, 0.05) is 18.7 Å². The van der Waals surface area contributed by atoms with Crippen LogP contribution in [0.15, 0.2) is 4.52 Å². The van der Waals surface area contributed by atoms with Gasteiger partial charge in [0.2, 0.25) is 5.91 Å². The minimum atomic E-state index is -0.747. The van der Waals surface area contributed by atoms with Gasteiger partial charge >= 0.3 is 5.97 Å². The number of likely N-dealkylation sites (tertiary alicyclic amines) is 1. The number of carbonyl (C=O) groups excluding carboxylic acids is 1. The van der Waals surface area contributed by atoms with E-state index in [4.69, 9.17) is 4.52 Å². The Balaban J connectivity index is 1.99. The Bertz CT molecular complexity index is 522. The summed E-state index contributed by atoms with van der Waals surface area (Å²) < 4.78 is 5.07. The van der Waals surface area contributed by atoms with Gasteiger partial charge in [0.1, 0.15) is 5.76 Å². The van der Waals surface area contributed by atoms with Crippen LogP contribution in [0.2, 0.25) is 0 Å². The molecule has 1 amide bonds. The third kappa shape index (κ3) is 2.94. The lowest BCUT2D eigenvalue weighted by atomic mass is 9.76. The standard InChI is InChI=1S/C15H22N2O4/c1-4-15(14(19)20)5-7-17(8-6-15)13(18)9-12-10(2)16-21-11(12)3/h4-9H2,1-3H3,(H,19,20). The summed E-state index contributed by atoms with van der Waals surface area (Å²) >= 11 is 0. The molecule has 0 aromatic carbocycles. The summed E-state index contributed by atoms with van der Waals surface area (Å²) in [5.41, 5.74) is 0.914. The van der Waals surface area contributed by atoms with Gasteiger partial charge in [-0.3, -0.25) is 9.59 Å². The van der Waals surface area contributed by atoms with Gasteiger partial charge in [0.05, 0.1) is 17.5 Å². The van der Waals surface area contributed by atoms with Gasteiger partial charge in [-0.25, -0.2) is 0 Å². The molecule has 0 radical (unpaired) electrons. The third-order valence-electron chi connectivity index (χ3n) is 4.71. The van der Waals surface area contributed by atoms with Crippen LogP contribution in [-0.2, 0) is 16.0 Å². The van der Waals surface area contributed by atoms with Crippen LogP contribution in [0.4, 0.5) is 0 Å². The summed E-state index contributed by atoms with van der Waals surface area (Å²) in [6, 6.07) is 0. The number of rotatable bonds is 4. The van der Waals surface area contributed by atoms with Gasteiger partial charge in [-0.15, -0.1) is 0 Å². The van der Waals surface area contributed by atoms with Crippen LogP contribution in [0.25, 0.3) is 0 Å². The summed E-state index contributed by atoms with van der Waals surface area (Å²) in [5, 5.41) is 13.2. The van der Waals surface area contributed by atoms with Crippen LogP contribution in [0.3, 0.4) is 0 Å². The van der Waals surface area contributed by atoms with Gasteiger partial charge < -0.3 is 14.5 Å². The van der Waals surface area contributed by atoms with E-state index in [1.54, 1.807) is 11.8 Å². The predicted molar refractivity (Wildman–Crippen MR) is 75.9 cm³/mol. The highest BCUT2D eigenvalue weighted by molar-refractivity contribution is 5.80. The summed E-state index contributed by atoms with van der Waals surface area (Å²) in [7, 11) is 0. The third-order valence-corrected chi connectivity index (χ3v) is 4.71. The lowest BCUT2D eigenvalue weighted by Crippen LogP contribution is -2.46. The van der Waals surface area contributed by atoms with E-state index in [1.165, 1.54) is 0 Å². The average molecular weight is 294 g/mol. The first kappa shape index (κ1) is 15.5. The van der Waals surface area contributed by atoms with Crippen molar-refractivity contribution < 1.29 is 19.2 Å². The molecule has 1 aromatic heterocycles. The maximum absolute atomic E-state index is 12.3. The number of aliphatic carboxylic acids is 1. The van der Waals surface area contributed by atoms with Gasteiger partial charge in [0.25, 0.3) is 0 Å². The molecule has 0 spiro atoms. The first-order valence-corrected chi connectivity index (χ1v) is 7.32. The number of carbonyl (C=O) groups is 2. The smallest absolute Gasteiger partial charge is 0.309 e. The largest absolute Gasteiger partial charge is 0.481 e. The minimum absolute atomic E-state index is 0.0134. The number of carboxylic acids is 1. The lowest BCUT2D eigenvalue weighted by molar-refractivity contribution is -0.154. The molecule has 1 aliphatic heterocycles. The number of hydrogen-bond donors (Lipinski definition) is 1. The molecule has 2 heterocycles. The molecule has 1 aliphatic rings. The Hall–Kier alpha value is -1.85. The normalized spacial score (nSPS) is 17.8. The van der Waals surface area contributed by atoms with Crippen molar-refractivity contribution in [2.45, 2.75) is 46.5 Å². The quantitative estimate of drug-likeness (QED) is 0.917. The molecule has 0 atom stereocenters. The number of hydrogen-bond acceptors (Lipinski definition) is 4. The maximum Gasteiger partial charge on any atom is 0.309 e. The van der Waals surface area contributed by atoms with Crippen LogP contribution in [0.1, 0.15) is 43.2 Å². The van der Waals surface area contributed by atoms with Crippen molar-refractivity contribution in [3.05, 3.63) is 17.0 Å². The first-order valence-electron chi connectivity index (χ1n) is 7.32. The minimum Gasteiger partial charge on any atom is -0.481 e. The van der Waals surface area contributed by atoms with Crippen LogP contribution in [0, 0.1) is 19.3 Å². The number of aromatic nitrogens is 1. The van der Waals surface area contributed by atoms with Crippen molar-refractivity contribution in [3.8, 4) is 0 Å². The number of piperidine rings is 1. The summed E-state index contributed by atoms with van der Waals surface area (Å²) in [6.45, 7) is 6.52. The molecule has 116 valence electrons. The Kier molecular flexibility index (Phi) is 4.34. The highest BCUT2D eigenvalue weighted by Gasteiger charge is 2.40. The summed E-state index contributed by atoms with van der Waals surface area (Å²) in [5.74, 6) is -0.0615. The monoisotopic (exact) mass is 294 g/mol. The Morgan fingerprint density at radius 1 is 1.33 bits per heavy atom. The molecule has 21 heavy (non-hydrogen) atoms. The zero-order valence-electron chi connectivity index (χ0n) is 12.8. The van der Waals surface area contributed by atoms with E-state index in [9.17, 15) is 14.7 Å². The van der Waals surface area contributed by atoms with Crippen molar-refractivity contribution in [1.82, 2.24) is 10.1 Å². The molecular weight excluding hydrogens is 272 g/mol. The second-order valence-corrected chi connectivity index (χ2v) is 5.80. The van der Waals surface area contributed by atoms with E-state index in [-0.39, 0.29) is 12.3 Å². The van der Waals surface area contributed by atoms with Crippen molar-refractivity contribution >= 4 is 11.9 Å². The molecule has 1 saturated heterocycles. The Morgan fingerprint density at radius 2 is 1.95 bits per heavy atom. The molecule has 6 heteroatoms. The number of nitrogens with zero attached hydrogens (tertiary/aromatic N) is 2. The molecule has 0 unspecified atom stereocenters. The number of aryl methyl sites for hydroxylation is 2. The maximum atomic E-state index is 12.3. The van der Waals surface area contributed by atoms with Crippen LogP contribution < -0.4 is 0 Å². The molecular formula is C15H22N2O4. The van der Waals surface area contributed by atoms with Crippen molar-refractivity contribution in [1.29, 1.82) is 0 Å². The van der Waals surface area contributed by atoms with Crippen LogP contribution >= 0.6 is 0 Å². The zero-order valence-corrected chi connectivity index (χ0v) is 12.8. The van der Waals surface area contributed by atoms with Crippen molar-refractivity contribution in [2.24, 2.45) is 5.41 Å². The van der Waals surface area contributed by atoms with Gasteiger partial charge in [-0.2, -0.15) is 0 Å². The average Bonchev–Trinajstić information content (AvgIpc) is 2.79. The molecule has 1 aromatic rings. The summed E-state index contributed by atoms with van der Waals surface area (Å²) in [4.78, 5) is 25.5. The van der Waals surface area contributed by atoms with E-state index in [2.05, 4.69) is 5.16 Å². The second kappa shape index (κ2) is 5.87. The van der Waals surface area contributed by atoms with Gasteiger partial charge in [-0.05, 0) is 33.1 Å². The molecule has 0 bridgehead atoms. The molecule has 1 fully saturated rings. The number of amides is 1. The van der Waals surface area contributed by atoms with E-state index < -0.39 is 11.4 Å². The second-order valence-electron chi connectivity index (χ2n) is 5.80. The van der Waals surface area contributed by atoms with Gasteiger partial charge in [-0.1, -0.05) is 12.1 Å². The first-order chi connectivity index (χ1) is 9.89. The SMILES string of the molecule is CCC1(C(=O)O)CCN(C(=O)Cc2c(C)noc2C)CC1. The highest BCUT2D eigenvalue weighted by Crippen LogP contribution is 2.35. The molecule has 1 N–H and O–H groups in total. The van der Waals surface area contributed by atoms with Crippen LogP contribution in [-0.4, -0.2) is 40.1 Å². The molecule has 0 saturated carbocycles. The van der Waals surface area contributed by atoms with Crippen molar-refractivity contribution in [3.63, 3.8) is 0 Å². The fourth-order valence-corrected chi connectivity index (χ4v) is 2.92. The fraction of sp³-hybridized carbons (Fsp3) is 0.667. The van der Waals surface area contributed by atoms with Crippen molar-refractivity contribution in [2.75, 3.05) is 13.1 Å². The summed E-state index contributed by atoms with van der Waals surface area (Å²) in [6.07, 6.45) is 1.92. The van der Waals surface area contributed by atoms with E-state index in [0.717, 1.165) is 11.3 Å². The van der Waals surface area contributed by atoms with E-state index in [1.807, 2.05) is 13.8 Å². The Labute approximate surface area is 124 Å². The topological polar surface area (TPSA) is 83.6 Å². The fourth-order valence-electron chi connectivity index (χ4n) is 2.92. The molecule has 2 rings (SSSR count). The molecule has 0 aliphatic carbocycles. The number of carboxylic acid groups (broad SMARTS) is 1. The predicted octanol–water partition coefficient (Wildman–Crippen LogP) is 1.94. The lowest BCUT2D eigenvalue weighted by Gasteiger charge is -2.38. The van der Waals surface area contributed by atoms with Gasteiger partial charge in [0.15, 0.2) is 0 Å². The zero-order chi connectivity index (χ0) is 15.6. The highest BCUT2D eigenvalue weighted by atomic mass is 16.5. The Morgan fingerprint density at radius 3 is 2.38 bits per heavy atom. The molecule has 6 nitrogen and oxygen atoms in total. The van der Waals surface area contributed by atoms with Crippen LogP contribution in [0.5, 0.6) is 0 Å².